The molecule has 0 radical (unpaired) electrons. The predicted molar refractivity (Wildman–Crippen MR) is 54.4 cm³/mol. The molecule has 1 aliphatic rings. The summed E-state index contributed by atoms with van der Waals surface area (Å²) in [4.78, 5) is 22.3. The van der Waals surface area contributed by atoms with E-state index in [1.165, 1.54) is 12.3 Å². The van der Waals surface area contributed by atoms with Crippen LogP contribution in [0.1, 0.15) is 6.42 Å². The number of aliphatic carboxylic acids is 1. The van der Waals surface area contributed by atoms with Gasteiger partial charge in [-0.3, -0.25) is 4.79 Å². The quantitative estimate of drug-likeness (QED) is 0.647. The fourth-order valence-electron chi connectivity index (χ4n) is 1.10. The van der Waals surface area contributed by atoms with Crippen molar-refractivity contribution in [2.75, 3.05) is 13.2 Å². The summed E-state index contributed by atoms with van der Waals surface area (Å²) in [5, 5.41) is 11.1. The number of amides is 1. The zero-order valence-corrected chi connectivity index (χ0v) is 8.64. The van der Waals surface area contributed by atoms with E-state index in [9.17, 15) is 9.59 Å². The fraction of sp³-hybridized carbons (Fsp3) is 0.400. The van der Waals surface area contributed by atoms with Crippen LogP contribution in [0.2, 0.25) is 0 Å². The Bertz CT molecular complexity index is 323. The first-order chi connectivity index (χ1) is 7.65. The van der Waals surface area contributed by atoms with E-state index in [0.717, 1.165) is 0 Å². The number of carbonyl (C=O) groups is 2. The normalized spacial score (nSPS) is 16.1. The standard InChI is InChI=1S/C10H13NO5/c1-2-3-7(10(13)14)11-9(12)8-6-15-4-5-16-8/h2,6-7H,1,3-5H2,(H,11,12)(H,13,14). The second kappa shape index (κ2) is 5.79. The molecule has 1 amide bonds. The van der Waals surface area contributed by atoms with Gasteiger partial charge in [-0.05, 0) is 6.42 Å². The summed E-state index contributed by atoms with van der Waals surface area (Å²) in [7, 11) is 0. The molecule has 0 aromatic heterocycles. The monoisotopic (exact) mass is 227 g/mol. The smallest absolute Gasteiger partial charge is 0.326 e. The molecule has 0 aromatic rings. The lowest BCUT2D eigenvalue weighted by Gasteiger charge is -2.17. The van der Waals surface area contributed by atoms with Gasteiger partial charge in [-0.1, -0.05) is 6.08 Å². The van der Waals surface area contributed by atoms with Crippen LogP contribution in [0.5, 0.6) is 0 Å². The number of hydrogen-bond donors (Lipinski definition) is 2. The summed E-state index contributed by atoms with van der Waals surface area (Å²) in [6.45, 7) is 4.07. The first-order valence-corrected chi connectivity index (χ1v) is 4.74. The van der Waals surface area contributed by atoms with Crippen LogP contribution < -0.4 is 5.32 Å². The van der Waals surface area contributed by atoms with E-state index < -0.39 is 17.9 Å². The average molecular weight is 227 g/mol. The van der Waals surface area contributed by atoms with Gasteiger partial charge in [0, 0.05) is 0 Å². The summed E-state index contributed by atoms with van der Waals surface area (Å²) < 4.78 is 9.89. The number of nitrogens with one attached hydrogen (secondary N) is 1. The van der Waals surface area contributed by atoms with Crippen LogP contribution in [0.3, 0.4) is 0 Å². The molecule has 0 saturated carbocycles. The number of carbonyl (C=O) groups excluding carboxylic acids is 1. The molecule has 0 saturated heterocycles. The highest BCUT2D eigenvalue weighted by atomic mass is 16.6. The van der Waals surface area contributed by atoms with Crippen LogP contribution >= 0.6 is 0 Å². The van der Waals surface area contributed by atoms with Crippen molar-refractivity contribution >= 4 is 11.9 Å². The first-order valence-electron chi connectivity index (χ1n) is 4.74. The third-order valence-corrected chi connectivity index (χ3v) is 1.88. The maximum Gasteiger partial charge on any atom is 0.326 e. The van der Waals surface area contributed by atoms with Gasteiger partial charge < -0.3 is 19.9 Å². The van der Waals surface area contributed by atoms with Crippen LogP contribution in [0.15, 0.2) is 24.7 Å². The molecule has 1 heterocycles. The van der Waals surface area contributed by atoms with Crippen molar-refractivity contribution in [3.05, 3.63) is 24.7 Å². The van der Waals surface area contributed by atoms with E-state index >= 15 is 0 Å². The maximum absolute atomic E-state index is 11.5. The summed E-state index contributed by atoms with van der Waals surface area (Å²) in [5.41, 5.74) is 0. The lowest BCUT2D eigenvalue weighted by Crippen LogP contribution is -2.41. The third kappa shape index (κ3) is 3.30. The summed E-state index contributed by atoms with van der Waals surface area (Å²) in [6, 6.07) is -1.00. The van der Waals surface area contributed by atoms with Gasteiger partial charge in [-0.25, -0.2) is 4.79 Å². The molecule has 1 unspecified atom stereocenters. The highest BCUT2D eigenvalue weighted by molar-refractivity contribution is 5.94. The second-order valence-electron chi connectivity index (χ2n) is 3.09. The molecule has 0 aliphatic carbocycles. The molecule has 6 heteroatoms. The number of hydrogen-bond acceptors (Lipinski definition) is 4. The minimum absolute atomic E-state index is 0.0124. The van der Waals surface area contributed by atoms with Crippen molar-refractivity contribution in [1.82, 2.24) is 5.32 Å². The summed E-state index contributed by atoms with van der Waals surface area (Å²) in [6.07, 6.45) is 2.74. The molecule has 2 N–H and O–H groups in total. The minimum Gasteiger partial charge on any atom is -0.494 e. The lowest BCUT2D eigenvalue weighted by molar-refractivity contribution is -0.141. The predicted octanol–water partition coefficient (Wildman–Crippen LogP) is 0.0201. The van der Waals surface area contributed by atoms with Gasteiger partial charge in [0.25, 0.3) is 5.91 Å². The van der Waals surface area contributed by atoms with E-state index in [2.05, 4.69) is 11.9 Å². The van der Waals surface area contributed by atoms with Crippen molar-refractivity contribution in [3.8, 4) is 0 Å². The van der Waals surface area contributed by atoms with Crippen LogP contribution in [0.25, 0.3) is 0 Å². The Morgan fingerprint density at radius 1 is 1.62 bits per heavy atom. The highest BCUT2D eigenvalue weighted by Crippen LogP contribution is 2.05. The molecule has 0 bridgehead atoms. The van der Waals surface area contributed by atoms with Gasteiger partial charge in [0.1, 0.15) is 25.5 Å². The van der Waals surface area contributed by atoms with E-state index in [0.29, 0.717) is 6.61 Å². The molecule has 0 aromatic carbocycles. The van der Waals surface area contributed by atoms with Gasteiger partial charge in [0.15, 0.2) is 0 Å². The molecule has 16 heavy (non-hydrogen) atoms. The maximum atomic E-state index is 11.5. The van der Waals surface area contributed by atoms with Crippen molar-refractivity contribution in [1.29, 1.82) is 0 Å². The van der Waals surface area contributed by atoms with Crippen molar-refractivity contribution in [3.63, 3.8) is 0 Å². The Balaban J connectivity index is 2.56. The Morgan fingerprint density at radius 3 is 2.88 bits per heavy atom. The van der Waals surface area contributed by atoms with E-state index in [1.807, 2.05) is 0 Å². The zero-order valence-electron chi connectivity index (χ0n) is 8.64. The number of carboxylic acid groups (broad SMARTS) is 1. The summed E-state index contributed by atoms with van der Waals surface area (Å²) >= 11 is 0. The summed E-state index contributed by atoms with van der Waals surface area (Å²) in [5.74, 6) is -1.74. The second-order valence-corrected chi connectivity index (χ2v) is 3.09. The Kier molecular flexibility index (Phi) is 4.38. The molecule has 0 fully saturated rings. The molecule has 1 rings (SSSR count). The molecule has 88 valence electrons. The Labute approximate surface area is 92.5 Å². The number of rotatable bonds is 5. The largest absolute Gasteiger partial charge is 0.494 e. The SMILES string of the molecule is C=CCC(NC(=O)C1=COCCO1)C(=O)O. The number of carboxylic acids is 1. The Morgan fingerprint density at radius 2 is 2.38 bits per heavy atom. The fourth-order valence-corrected chi connectivity index (χ4v) is 1.10. The molecule has 1 aliphatic heterocycles. The third-order valence-electron chi connectivity index (χ3n) is 1.88. The van der Waals surface area contributed by atoms with Gasteiger partial charge in [-0.2, -0.15) is 0 Å². The lowest BCUT2D eigenvalue weighted by atomic mass is 10.2. The zero-order chi connectivity index (χ0) is 12.0. The first kappa shape index (κ1) is 12.1. The highest BCUT2D eigenvalue weighted by Gasteiger charge is 2.22. The van der Waals surface area contributed by atoms with Gasteiger partial charge in [-0.15, -0.1) is 6.58 Å². The van der Waals surface area contributed by atoms with Gasteiger partial charge >= 0.3 is 5.97 Å². The van der Waals surface area contributed by atoms with Crippen LogP contribution in [-0.4, -0.2) is 36.2 Å². The Hall–Kier alpha value is -1.98. The van der Waals surface area contributed by atoms with Crippen LogP contribution in [0, 0.1) is 0 Å². The van der Waals surface area contributed by atoms with Gasteiger partial charge in [0.2, 0.25) is 5.76 Å². The topological polar surface area (TPSA) is 84.9 Å². The molecule has 6 nitrogen and oxygen atoms in total. The molecular formula is C10H13NO5. The van der Waals surface area contributed by atoms with Crippen LogP contribution in [-0.2, 0) is 19.1 Å². The van der Waals surface area contributed by atoms with E-state index in [4.69, 9.17) is 14.6 Å². The molecular weight excluding hydrogens is 214 g/mol. The minimum atomic E-state index is -1.12. The molecule has 1 atom stereocenters. The average Bonchev–Trinajstić information content (AvgIpc) is 2.29. The van der Waals surface area contributed by atoms with Crippen molar-refractivity contribution in [2.24, 2.45) is 0 Å². The van der Waals surface area contributed by atoms with E-state index in [1.54, 1.807) is 0 Å². The van der Waals surface area contributed by atoms with E-state index in [-0.39, 0.29) is 18.8 Å². The molecule has 0 spiro atoms. The van der Waals surface area contributed by atoms with Gasteiger partial charge in [0.05, 0.1) is 0 Å². The van der Waals surface area contributed by atoms with Crippen LogP contribution in [0.4, 0.5) is 0 Å². The van der Waals surface area contributed by atoms with Crippen molar-refractivity contribution in [2.45, 2.75) is 12.5 Å². The number of ether oxygens (including phenoxy) is 2. The van der Waals surface area contributed by atoms with Crippen molar-refractivity contribution < 1.29 is 24.2 Å².